The number of aliphatic imine (C=N–C) groups is 4. The first-order valence-corrected chi connectivity index (χ1v) is 14.5. The van der Waals surface area contributed by atoms with Crippen LogP contribution in [0.5, 0.6) is 0 Å². The number of carbonyl (C=O) groups excluding carboxylic acids is 2. The van der Waals surface area contributed by atoms with Gasteiger partial charge in [-0.15, -0.1) is 0 Å². The first-order chi connectivity index (χ1) is 21.1. The van der Waals surface area contributed by atoms with Crippen molar-refractivity contribution in [2.45, 2.75) is 53.4 Å². The first-order valence-electron chi connectivity index (χ1n) is 14.5. The van der Waals surface area contributed by atoms with Crippen LogP contribution in [-0.2, 0) is 19.1 Å². The normalized spacial score (nSPS) is 19.2. The molecule has 8 heteroatoms. The summed E-state index contributed by atoms with van der Waals surface area (Å²) in [5.41, 5.74) is 13.6. The molecule has 5 rings (SSSR count). The van der Waals surface area contributed by atoms with Gasteiger partial charge in [0, 0.05) is 24.0 Å². The lowest BCUT2D eigenvalue weighted by atomic mass is 9.96. The van der Waals surface area contributed by atoms with Gasteiger partial charge in [0.2, 0.25) is 0 Å². The highest BCUT2D eigenvalue weighted by molar-refractivity contribution is 6.20. The van der Waals surface area contributed by atoms with Crippen LogP contribution in [-0.4, -0.2) is 49.0 Å². The summed E-state index contributed by atoms with van der Waals surface area (Å²) < 4.78 is 9.86. The number of fused-ring (bicyclic) bond motifs is 4. The van der Waals surface area contributed by atoms with E-state index in [1.54, 1.807) is 0 Å². The minimum Gasteiger partial charge on any atom is -0.469 e. The number of nitrogens with zero attached hydrogens (tertiary/aromatic N) is 4. The molecule has 5 aliphatic rings. The number of allylic oxidation sites excluding steroid dienone is 13. The van der Waals surface area contributed by atoms with Gasteiger partial charge < -0.3 is 9.47 Å². The molecule has 0 amide bonds. The molecule has 0 saturated heterocycles. The van der Waals surface area contributed by atoms with Gasteiger partial charge in [-0.25, -0.2) is 20.0 Å². The Bertz CT molecular complexity index is 1810. The molecular formula is C36H36N4O4. The zero-order chi connectivity index (χ0) is 31.7. The van der Waals surface area contributed by atoms with Crippen LogP contribution in [0, 0.1) is 0 Å². The molecule has 0 aromatic rings. The number of carbonyl (C=O) groups is 2. The van der Waals surface area contributed by atoms with Crippen molar-refractivity contribution in [1.29, 1.82) is 0 Å². The van der Waals surface area contributed by atoms with Crippen LogP contribution in [0.2, 0.25) is 0 Å². The van der Waals surface area contributed by atoms with Gasteiger partial charge in [-0.1, -0.05) is 25.3 Å². The molecule has 8 bridgehead atoms. The maximum absolute atomic E-state index is 12.1. The van der Waals surface area contributed by atoms with Crippen LogP contribution in [0.4, 0.5) is 0 Å². The predicted octanol–water partition coefficient (Wildman–Crippen LogP) is 6.90. The third-order valence-electron chi connectivity index (χ3n) is 8.50. The number of methoxy groups -OCH3 is 2. The minimum absolute atomic E-state index is 0.213. The second-order valence-electron chi connectivity index (χ2n) is 11.0. The van der Waals surface area contributed by atoms with Crippen molar-refractivity contribution in [1.82, 2.24) is 0 Å². The molecule has 224 valence electrons. The molecule has 0 fully saturated rings. The zero-order valence-corrected chi connectivity index (χ0v) is 26.1. The van der Waals surface area contributed by atoms with E-state index < -0.39 is 0 Å². The minimum atomic E-state index is -0.296. The SMILES string of the molecule is C=CC1=C(C)C2=NC1=CC1=NC(=CC3=NC(=CC4=NC(=C2)C(C)=C4C=C)C(C)=C3CCC(=O)OC)C(CCC(=O)OC)=C1C. The van der Waals surface area contributed by atoms with Crippen LogP contribution in [0.25, 0.3) is 0 Å². The molecule has 0 radical (unpaired) electrons. The maximum Gasteiger partial charge on any atom is 0.305 e. The van der Waals surface area contributed by atoms with Crippen LogP contribution >= 0.6 is 0 Å². The Balaban J connectivity index is 1.76. The van der Waals surface area contributed by atoms with Crippen molar-refractivity contribution in [2.24, 2.45) is 20.0 Å². The maximum atomic E-state index is 12.1. The predicted molar refractivity (Wildman–Crippen MR) is 176 cm³/mol. The first kappa shape index (κ1) is 30.5. The third kappa shape index (κ3) is 5.55. The Morgan fingerprint density at radius 2 is 1.07 bits per heavy atom. The summed E-state index contributed by atoms with van der Waals surface area (Å²) in [7, 11) is 2.77. The number of hydrogen-bond donors (Lipinski definition) is 0. The summed E-state index contributed by atoms with van der Waals surface area (Å²) in [6, 6.07) is 0. The number of hydrogen-bond acceptors (Lipinski definition) is 8. The van der Waals surface area contributed by atoms with Crippen molar-refractivity contribution in [2.75, 3.05) is 14.2 Å². The quantitative estimate of drug-likeness (QED) is 0.288. The van der Waals surface area contributed by atoms with Crippen molar-refractivity contribution in [3.8, 4) is 0 Å². The number of esters is 2. The van der Waals surface area contributed by atoms with E-state index >= 15 is 0 Å². The highest BCUT2D eigenvalue weighted by atomic mass is 16.5. The third-order valence-corrected chi connectivity index (χ3v) is 8.50. The second-order valence-corrected chi connectivity index (χ2v) is 11.0. The molecule has 0 unspecified atom stereocenters. The molecule has 8 nitrogen and oxygen atoms in total. The molecule has 5 heterocycles. The average Bonchev–Trinajstić information content (AvgIpc) is 3.67. The summed E-state index contributed by atoms with van der Waals surface area (Å²) in [6.07, 6.45) is 12.8. The second kappa shape index (κ2) is 12.3. The zero-order valence-electron chi connectivity index (χ0n) is 26.1. The van der Waals surface area contributed by atoms with Crippen LogP contribution < -0.4 is 0 Å². The molecule has 0 atom stereocenters. The lowest BCUT2D eigenvalue weighted by Gasteiger charge is -2.08. The highest BCUT2D eigenvalue weighted by Gasteiger charge is 2.28. The fraction of sp³-hybridized carbons (Fsp3) is 0.278. The molecule has 0 aromatic heterocycles. The Morgan fingerprint density at radius 1 is 0.591 bits per heavy atom. The summed E-state index contributed by atoms with van der Waals surface area (Å²) in [5.74, 6) is -0.592. The van der Waals surface area contributed by atoms with Gasteiger partial charge in [0.05, 0.1) is 59.9 Å². The molecule has 44 heavy (non-hydrogen) atoms. The monoisotopic (exact) mass is 588 g/mol. The van der Waals surface area contributed by atoms with Gasteiger partial charge in [0.15, 0.2) is 0 Å². The van der Waals surface area contributed by atoms with Crippen LogP contribution in [0.3, 0.4) is 0 Å². The molecule has 0 aliphatic carbocycles. The van der Waals surface area contributed by atoms with Gasteiger partial charge in [-0.05, 0) is 98.3 Å². The van der Waals surface area contributed by atoms with E-state index in [-0.39, 0.29) is 24.8 Å². The van der Waals surface area contributed by atoms with Crippen LogP contribution in [0.1, 0.15) is 53.4 Å². The van der Waals surface area contributed by atoms with Gasteiger partial charge in [0.1, 0.15) is 0 Å². The van der Waals surface area contributed by atoms with Gasteiger partial charge in [0.25, 0.3) is 0 Å². The van der Waals surface area contributed by atoms with Crippen molar-refractivity contribution in [3.63, 3.8) is 0 Å². The molecular weight excluding hydrogens is 552 g/mol. The summed E-state index contributed by atoms with van der Waals surface area (Å²) in [5, 5.41) is 0. The molecule has 0 N–H and O–H groups in total. The molecule has 0 saturated carbocycles. The summed E-state index contributed by atoms with van der Waals surface area (Å²) in [4.78, 5) is 44.3. The van der Waals surface area contributed by atoms with Crippen molar-refractivity contribution < 1.29 is 19.1 Å². The van der Waals surface area contributed by atoms with Gasteiger partial charge >= 0.3 is 11.9 Å². The Labute approximate surface area is 258 Å². The fourth-order valence-electron chi connectivity index (χ4n) is 5.81. The number of rotatable bonds is 8. The smallest absolute Gasteiger partial charge is 0.305 e. The lowest BCUT2D eigenvalue weighted by Crippen LogP contribution is -2.05. The van der Waals surface area contributed by atoms with E-state index in [0.29, 0.717) is 24.3 Å². The van der Waals surface area contributed by atoms with E-state index in [9.17, 15) is 9.59 Å². The Hall–Kier alpha value is -4.98. The molecule has 0 aromatic carbocycles. The summed E-state index contributed by atoms with van der Waals surface area (Å²) >= 11 is 0. The summed E-state index contributed by atoms with van der Waals surface area (Å²) in [6.45, 7) is 16.2. The highest BCUT2D eigenvalue weighted by Crippen LogP contribution is 2.37. The van der Waals surface area contributed by atoms with Crippen molar-refractivity contribution >= 4 is 34.8 Å². The fourth-order valence-corrected chi connectivity index (χ4v) is 5.81. The van der Waals surface area contributed by atoms with E-state index in [2.05, 4.69) is 13.2 Å². The van der Waals surface area contributed by atoms with E-state index in [0.717, 1.165) is 78.8 Å². The van der Waals surface area contributed by atoms with E-state index in [4.69, 9.17) is 29.4 Å². The Morgan fingerprint density at radius 3 is 1.70 bits per heavy atom. The molecule has 0 spiro atoms. The van der Waals surface area contributed by atoms with Gasteiger partial charge in [-0.2, -0.15) is 0 Å². The Kier molecular flexibility index (Phi) is 8.54. The average molecular weight is 589 g/mol. The largest absolute Gasteiger partial charge is 0.469 e. The van der Waals surface area contributed by atoms with E-state index in [1.807, 2.05) is 64.2 Å². The lowest BCUT2D eigenvalue weighted by molar-refractivity contribution is -0.141. The van der Waals surface area contributed by atoms with Crippen molar-refractivity contribution in [3.05, 3.63) is 117 Å². The van der Waals surface area contributed by atoms with Crippen LogP contribution in [0.15, 0.2) is 137 Å². The standard InChI is InChI=1S/C36H36N4O4/c1-9-23-19(3)27-15-28-20(4)24(10-2)32(38-28)17-30-22(6)26(12-14-36(42)44-8)34(40-30)18-33-25(11-13-35(41)43-7)21(5)29(39-33)16-31(23)37-27/h9-10,15-18H,1-2,11-14H2,3-8H3. The topological polar surface area (TPSA) is 102 Å². The number of ether oxygens (including phenoxy) is 2. The van der Waals surface area contributed by atoms with Gasteiger partial charge in [-0.3, -0.25) is 9.59 Å². The van der Waals surface area contributed by atoms with E-state index in [1.165, 1.54) is 14.2 Å². The molecule has 5 aliphatic heterocycles.